The van der Waals surface area contributed by atoms with Crippen LogP contribution in [0.5, 0.6) is 0 Å². The summed E-state index contributed by atoms with van der Waals surface area (Å²) in [5.41, 5.74) is 1.30. The third-order valence-electron chi connectivity index (χ3n) is 3.58. The smallest absolute Gasteiger partial charge is 0.351 e. The van der Waals surface area contributed by atoms with Crippen molar-refractivity contribution in [3.63, 3.8) is 0 Å². The van der Waals surface area contributed by atoms with Crippen LogP contribution in [0.2, 0.25) is 0 Å². The summed E-state index contributed by atoms with van der Waals surface area (Å²) >= 11 is 1.28. The number of ether oxygens (including phenoxy) is 1. The van der Waals surface area contributed by atoms with E-state index in [0.717, 1.165) is 17.8 Å². The van der Waals surface area contributed by atoms with Gasteiger partial charge in [0.1, 0.15) is 4.88 Å². The molecule has 0 aliphatic heterocycles. The molecule has 0 spiro atoms. The van der Waals surface area contributed by atoms with Crippen LogP contribution in [-0.4, -0.2) is 22.9 Å². The lowest BCUT2D eigenvalue weighted by atomic mass is 10.1. The third-order valence-corrected chi connectivity index (χ3v) is 4.63. The topological polar surface area (TPSA) is 68.3 Å². The number of esters is 1. The van der Waals surface area contributed by atoms with Gasteiger partial charge >= 0.3 is 5.97 Å². The van der Waals surface area contributed by atoms with Crippen molar-refractivity contribution in [3.05, 3.63) is 51.5 Å². The highest BCUT2D eigenvalue weighted by atomic mass is 32.1. The maximum Gasteiger partial charge on any atom is 0.351 e. The molecule has 120 valence electrons. The quantitative estimate of drug-likeness (QED) is 0.856. The molecule has 23 heavy (non-hydrogen) atoms. The summed E-state index contributed by atoms with van der Waals surface area (Å²) in [4.78, 5) is 29.6. The summed E-state index contributed by atoms with van der Waals surface area (Å²) < 4.78 is 5.53. The number of carbonyl (C=O) groups is 2. The minimum Gasteiger partial charge on any atom is -0.443 e. The first-order valence-electron chi connectivity index (χ1n) is 7.55. The number of hydrogen-bond acceptors (Lipinski definition) is 5. The lowest BCUT2D eigenvalue weighted by molar-refractivity contribution is -0.130. The molecule has 1 fully saturated rings. The first-order valence-corrected chi connectivity index (χ1v) is 8.36. The largest absolute Gasteiger partial charge is 0.443 e. The minimum absolute atomic E-state index is 0.208. The van der Waals surface area contributed by atoms with E-state index in [1.165, 1.54) is 11.3 Å². The molecular weight excluding hydrogens is 312 g/mol. The Bertz CT molecular complexity index is 723. The van der Waals surface area contributed by atoms with E-state index in [2.05, 4.69) is 10.3 Å². The maximum atomic E-state index is 12.5. The van der Waals surface area contributed by atoms with Gasteiger partial charge in [0.15, 0.2) is 0 Å². The molecular formula is C17H18N2O3S. The monoisotopic (exact) mass is 330 g/mol. The molecule has 1 atom stereocenters. The van der Waals surface area contributed by atoms with Crippen molar-refractivity contribution in [1.82, 2.24) is 10.3 Å². The Kier molecular flexibility index (Phi) is 4.43. The molecule has 0 bridgehead atoms. The van der Waals surface area contributed by atoms with Gasteiger partial charge in [0.05, 0.1) is 10.7 Å². The summed E-state index contributed by atoms with van der Waals surface area (Å²) in [5.74, 6) is -0.779. The minimum atomic E-state index is -0.939. The number of nitrogens with one attached hydrogen (secondary N) is 1. The maximum absolute atomic E-state index is 12.5. The number of aromatic nitrogens is 1. The molecule has 1 aromatic carbocycles. The molecule has 1 saturated carbocycles. The molecule has 2 aromatic rings. The number of rotatable bonds is 5. The molecule has 6 heteroatoms. The van der Waals surface area contributed by atoms with E-state index in [0.29, 0.717) is 16.1 Å². The Morgan fingerprint density at radius 3 is 2.52 bits per heavy atom. The lowest BCUT2D eigenvalue weighted by Crippen LogP contribution is -2.33. The normalized spacial score (nSPS) is 15.0. The SMILES string of the molecule is Cc1nc(C)c(C(=O)O[C@@H](C(=O)NC2CC2)c2ccccc2)s1. The van der Waals surface area contributed by atoms with E-state index < -0.39 is 12.1 Å². The standard InChI is InChI=1S/C17H18N2O3S/c1-10-15(23-11(2)18-10)17(21)22-14(12-6-4-3-5-7-12)16(20)19-13-8-9-13/h3-7,13-14H,8-9H2,1-2H3,(H,19,20)/t14-/m1/s1. The van der Waals surface area contributed by atoms with Crippen LogP contribution in [0.15, 0.2) is 30.3 Å². The van der Waals surface area contributed by atoms with Crippen LogP contribution >= 0.6 is 11.3 Å². The molecule has 0 radical (unpaired) electrons. The number of aryl methyl sites for hydroxylation is 2. The van der Waals surface area contributed by atoms with Gasteiger partial charge in [-0.25, -0.2) is 9.78 Å². The van der Waals surface area contributed by atoms with Gasteiger partial charge in [-0.15, -0.1) is 11.3 Å². The highest BCUT2D eigenvalue weighted by molar-refractivity contribution is 7.13. The predicted octanol–water partition coefficient (Wildman–Crippen LogP) is 2.94. The van der Waals surface area contributed by atoms with Crippen LogP contribution in [0.1, 0.15) is 44.9 Å². The molecule has 3 rings (SSSR count). The summed E-state index contributed by atoms with van der Waals surface area (Å²) in [6.45, 7) is 3.60. The van der Waals surface area contributed by atoms with Crippen molar-refractivity contribution in [2.45, 2.75) is 38.8 Å². The Morgan fingerprint density at radius 1 is 1.26 bits per heavy atom. The summed E-state index contributed by atoms with van der Waals surface area (Å²) in [7, 11) is 0. The average molecular weight is 330 g/mol. The van der Waals surface area contributed by atoms with E-state index in [9.17, 15) is 9.59 Å². The number of carbonyl (C=O) groups excluding carboxylic acids is 2. The zero-order chi connectivity index (χ0) is 16.4. The fourth-order valence-electron chi connectivity index (χ4n) is 2.29. The van der Waals surface area contributed by atoms with E-state index in [1.54, 1.807) is 19.1 Å². The Labute approximate surface area is 138 Å². The van der Waals surface area contributed by atoms with E-state index in [4.69, 9.17) is 4.74 Å². The second kappa shape index (κ2) is 6.50. The van der Waals surface area contributed by atoms with Crippen LogP contribution in [0.25, 0.3) is 0 Å². The van der Waals surface area contributed by atoms with Gasteiger partial charge in [0.25, 0.3) is 5.91 Å². The highest BCUT2D eigenvalue weighted by Gasteiger charge is 2.31. The van der Waals surface area contributed by atoms with Gasteiger partial charge in [0.2, 0.25) is 6.10 Å². The lowest BCUT2D eigenvalue weighted by Gasteiger charge is -2.17. The number of hydrogen-bond donors (Lipinski definition) is 1. The Morgan fingerprint density at radius 2 is 1.96 bits per heavy atom. The fourth-order valence-corrected chi connectivity index (χ4v) is 3.09. The van der Waals surface area contributed by atoms with Gasteiger partial charge in [-0.05, 0) is 26.7 Å². The van der Waals surface area contributed by atoms with Crippen LogP contribution < -0.4 is 5.32 Å². The van der Waals surface area contributed by atoms with Crippen molar-refractivity contribution >= 4 is 23.2 Å². The van der Waals surface area contributed by atoms with Gasteiger partial charge in [-0.1, -0.05) is 30.3 Å². The zero-order valence-corrected chi connectivity index (χ0v) is 13.9. The molecule has 0 unspecified atom stereocenters. The van der Waals surface area contributed by atoms with Crippen molar-refractivity contribution < 1.29 is 14.3 Å². The summed E-state index contributed by atoms with van der Waals surface area (Å²) in [6.07, 6.45) is 1.02. The van der Waals surface area contributed by atoms with Crippen molar-refractivity contribution in [3.8, 4) is 0 Å². The second-order valence-electron chi connectivity index (χ2n) is 5.63. The number of amides is 1. The number of benzene rings is 1. The van der Waals surface area contributed by atoms with Gasteiger partial charge in [-0.2, -0.15) is 0 Å². The van der Waals surface area contributed by atoms with Gasteiger partial charge < -0.3 is 10.1 Å². The second-order valence-corrected chi connectivity index (χ2v) is 6.83. The average Bonchev–Trinajstić information content (AvgIpc) is 3.27. The van der Waals surface area contributed by atoms with Crippen molar-refractivity contribution in [2.75, 3.05) is 0 Å². The molecule has 1 heterocycles. The Hall–Kier alpha value is -2.21. The van der Waals surface area contributed by atoms with E-state index >= 15 is 0 Å². The zero-order valence-electron chi connectivity index (χ0n) is 13.0. The molecule has 5 nitrogen and oxygen atoms in total. The number of thiazole rings is 1. The van der Waals surface area contributed by atoms with Gasteiger partial charge in [0, 0.05) is 11.6 Å². The van der Waals surface area contributed by atoms with Crippen LogP contribution in [0.3, 0.4) is 0 Å². The Balaban J connectivity index is 1.81. The molecule has 0 saturated heterocycles. The highest BCUT2D eigenvalue weighted by Crippen LogP contribution is 2.26. The van der Waals surface area contributed by atoms with Gasteiger partial charge in [-0.3, -0.25) is 4.79 Å². The van der Waals surface area contributed by atoms with E-state index in [-0.39, 0.29) is 11.9 Å². The molecule has 1 aliphatic carbocycles. The van der Waals surface area contributed by atoms with Crippen molar-refractivity contribution in [1.29, 1.82) is 0 Å². The number of nitrogens with zero attached hydrogens (tertiary/aromatic N) is 1. The van der Waals surface area contributed by atoms with Crippen molar-refractivity contribution in [2.24, 2.45) is 0 Å². The van der Waals surface area contributed by atoms with Crippen LogP contribution in [0, 0.1) is 13.8 Å². The van der Waals surface area contributed by atoms with E-state index in [1.807, 2.05) is 25.1 Å². The molecule has 1 aromatic heterocycles. The van der Waals surface area contributed by atoms with Crippen LogP contribution in [0.4, 0.5) is 0 Å². The molecule has 1 amide bonds. The third kappa shape index (κ3) is 3.76. The first-order chi connectivity index (χ1) is 11.0. The first kappa shape index (κ1) is 15.7. The predicted molar refractivity (Wildman–Crippen MR) is 87.4 cm³/mol. The molecule has 1 N–H and O–H groups in total. The van der Waals surface area contributed by atoms with Crippen LogP contribution in [-0.2, 0) is 9.53 Å². The summed E-state index contributed by atoms with van der Waals surface area (Å²) in [6, 6.07) is 9.29. The fraction of sp³-hybridized carbons (Fsp3) is 0.353. The molecule has 1 aliphatic rings. The summed E-state index contributed by atoms with van der Waals surface area (Å²) in [5, 5.41) is 3.70.